The van der Waals surface area contributed by atoms with E-state index in [1.54, 1.807) is 13.3 Å². The number of benzene rings is 3. The van der Waals surface area contributed by atoms with Crippen LogP contribution in [0.15, 0.2) is 85.1 Å². The van der Waals surface area contributed by atoms with Gasteiger partial charge < -0.3 is 19.4 Å². The highest BCUT2D eigenvalue weighted by Gasteiger charge is 2.17. The second-order valence-electron chi connectivity index (χ2n) is 7.34. The SMILES string of the molecule is COc1ccccc1CNC(=O)COC(=O)c1cn(Cc2ccccc2)c2ccccc12. The molecule has 32 heavy (non-hydrogen) atoms. The van der Waals surface area contributed by atoms with Gasteiger partial charge in [-0.1, -0.05) is 66.7 Å². The molecular weight excluding hydrogens is 404 g/mol. The standard InChI is InChI=1S/C26H24N2O4/c1-31-24-14-8-5-11-20(24)15-27-25(29)18-32-26(30)22-17-28(16-19-9-3-2-4-10-19)23-13-7-6-12-21(22)23/h2-14,17H,15-16,18H2,1H3,(H,27,29). The van der Waals surface area contributed by atoms with Crippen molar-refractivity contribution in [2.45, 2.75) is 13.1 Å². The van der Waals surface area contributed by atoms with E-state index in [0.717, 1.165) is 22.0 Å². The number of carbonyl (C=O) groups is 2. The van der Waals surface area contributed by atoms with Gasteiger partial charge in [0.1, 0.15) is 5.75 Å². The third kappa shape index (κ3) is 4.81. The minimum atomic E-state index is -0.527. The molecule has 0 bridgehead atoms. The maximum absolute atomic E-state index is 12.8. The average molecular weight is 428 g/mol. The monoisotopic (exact) mass is 428 g/mol. The lowest BCUT2D eigenvalue weighted by Gasteiger charge is -2.09. The molecule has 0 fully saturated rings. The normalized spacial score (nSPS) is 10.7. The van der Waals surface area contributed by atoms with Crippen LogP contribution in [0.4, 0.5) is 0 Å². The first-order valence-electron chi connectivity index (χ1n) is 10.3. The fourth-order valence-corrected chi connectivity index (χ4v) is 3.62. The topological polar surface area (TPSA) is 69.6 Å². The van der Waals surface area contributed by atoms with Crippen molar-refractivity contribution >= 4 is 22.8 Å². The molecule has 0 radical (unpaired) electrons. The first-order valence-corrected chi connectivity index (χ1v) is 10.3. The smallest absolute Gasteiger partial charge is 0.340 e. The van der Waals surface area contributed by atoms with Gasteiger partial charge in [0.25, 0.3) is 5.91 Å². The third-order valence-corrected chi connectivity index (χ3v) is 5.21. The summed E-state index contributed by atoms with van der Waals surface area (Å²) in [4.78, 5) is 25.0. The van der Waals surface area contributed by atoms with E-state index in [0.29, 0.717) is 17.9 Å². The van der Waals surface area contributed by atoms with E-state index in [1.165, 1.54) is 0 Å². The van der Waals surface area contributed by atoms with Crippen molar-refractivity contribution in [2.75, 3.05) is 13.7 Å². The Hall–Kier alpha value is -4.06. The van der Waals surface area contributed by atoms with Gasteiger partial charge in [0.2, 0.25) is 0 Å². The molecule has 0 spiro atoms. The first-order chi connectivity index (χ1) is 15.7. The molecule has 4 aromatic rings. The second-order valence-corrected chi connectivity index (χ2v) is 7.34. The average Bonchev–Trinajstić information content (AvgIpc) is 3.20. The van der Waals surface area contributed by atoms with Crippen LogP contribution >= 0.6 is 0 Å². The molecule has 6 nitrogen and oxygen atoms in total. The Morgan fingerprint density at radius 2 is 1.62 bits per heavy atom. The lowest BCUT2D eigenvalue weighted by Crippen LogP contribution is -2.28. The van der Waals surface area contributed by atoms with Gasteiger partial charge in [-0.15, -0.1) is 0 Å². The van der Waals surface area contributed by atoms with E-state index in [1.807, 2.05) is 83.4 Å². The molecular formula is C26H24N2O4. The van der Waals surface area contributed by atoms with Gasteiger partial charge in [-0.05, 0) is 17.7 Å². The van der Waals surface area contributed by atoms with E-state index in [9.17, 15) is 9.59 Å². The van der Waals surface area contributed by atoms with Crippen molar-refractivity contribution < 1.29 is 19.1 Å². The second kappa shape index (κ2) is 9.83. The van der Waals surface area contributed by atoms with Crippen molar-refractivity contribution in [2.24, 2.45) is 0 Å². The maximum atomic E-state index is 12.8. The van der Waals surface area contributed by atoms with Crippen molar-refractivity contribution in [1.29, 1.82) is 0 Å². The molecule has 3 aromatic carbocycles. The first kappa shape index (κ1) is 21.2. The van der Waals surface area contributed by atoms with Crippen LogP contribution in [0.2, 0.25) is 0 Å². The minimum absolute atomic E-state index is 0.288. The fraction of sp³-hybridized carbons (Fsp3) is 0.154. The lowest BCUT2D eigenvalue weighted by molar-refractivity contribution is -0.124. The van der Waals surface area contributed by atoms with Crippen molar-refractivity contribution in [1.82, 2.24) is 9.88 Å². The van der Waals surface area contributed by atoms with Crippen LogP contribution in [0.3, 0.4) is 0 Å². The predicted octanol–water partition coefficient (Wildman–Crippen LogP) is 4.17. The summed E-state index contributed by atoms with van der Waals surface area (Å²) in [5, 5.41) is 3.55. The summed E-state index contributed by atoms with van der Waals surface area (Å²) in [6.45, 7) is 0.566. The molecule has 6 heteroatoms. The van der Waals surface area contributed by atoms with Gasteiger partial charge in [-0.3, -0.25) is 4.79 Å². The van der Waals surface area contributed by atoms with Gasteiger partial charge in [-0.25, -0.2) is 4.79 Å². The van der Waals surface area contributed by atoms with E-state index in [4.69, 9.17) is 9.47 Å². The predicted molar refractivity (Wildman–Crippen MR) is 123 cm³/mol. The summed E-state index contributed by atoms with van der Waals surface area (Å²) in [7, 11) is 1.58. The van der Waals surface area contributed by atoms with Crippen LogP contribution in [0.5, 0.6) is 5.75 Å². The highest BCUT2D eigenvalue weighted by Crippen LogP contribution is 2.23. The number of nitrogens with one attached hydrogen (secondary N) is 1. The molecule has 0 saturated carbocycles. The molecule has 1 amide bonds. The number of para-hydroxylation sites is 2. The van der Waals surface area contributed by atoms with E-state index in [2.05, 4.69) is 5.32 Å². The maximum Gasteiger partial charge on any atom is 0.340 e. The zero-order chi connectivity index (χ0) is 22.3. The van der Waals surface area contributed by atoms with Gasteiger partial charge in [0, 0.05) is 35.8 Å². The molecule has 0 aliphatic carbocycles. The van der Waals surface area contributed by atoms with Crippen LogP contribution < -0.4 is 10.1 Å². The summed E-state index contributed by atoms with van der Waals surface area (Å²) >= 11 is 0. The van der Waals surface area contributed by atoms with E-state index in [-0.39, 0.29) is 19.1 Å². The number of nitrogens with zero attached hydrogens (tertiary/aromatic N) is 1. The van der Waals surface area contributed by atoms with Crippen molar-refractivity contribution in [3.8, 4) is 5.75 Å². The van der Waals surface area contributed by atoms with Gasteiger partial charge in [0.05, 0.1) is 12.7 Å². The molecule has 0 unspecified atom stereocenters. The Kier molecular flexibility index (Phi) is 6.51. The summed E-state index contributed by atoms with van der Waals surface area (Å²) in [5.74, 6) is -0.214. The Balaban J connectivity index is 1.42. The summed E-state index contributed by atoms with van der Waals surface area (Å²) < 4.78 is 12.6. The summed E-state index contributed by atoms with van der Waals surface area (Å²) in [5.41, 5.74) is 3.35. The molecule has 4 rings (SSSR count). The molecule has 0 saturated heterocycles. The van der Waals surface area contributed by atoms with Crippen LogP contribution in [-0.4, -0.2) is 30.2 Å². The Morgan fingerprint density at radius 3 is 2.44 bits per heavy atom. The number of amides is 1. The summed E-state index contributed by atoms with van der Waals surface area (Å²) in [6.07, 6.45) is 1.78. The number of fused-ring (bicyclic) bond motifs is 1. The highest BCUT2D eigenvalue weighted by molar-refractivity contribution is 6.04. The van der Waals surface area contributed by atoms with E-state index >= 15 is 0 Å². The highest BCUT2D eigenvalue weighted by atomic mass is 16.5. The molecule has 0 atom stereocenters. The van der Waals surface area contributed by atoms with Crippen LogP contribution in [0.25, 0.3) is 10.9 Å². The Morgan fingerprint density at radius 1 is 0.906 bits per heavy atom. The molecule has 1 aromatic heterocycles. The van der Waals surface area contributed by atoms with Crippen molar-refractivity contribution in [3.05, 3.63) is 102 Å². The van der Waals surface area contributed by atoms with Gasteiger partial charge in [-0.2, -0.15) is 0 Å². The zero-order valence-electron chi connectivity index (χ0n) is 17.8. The minimum Gasteiger partial charge on any atom is -0.496 e. The zero-order valence-corrected chi connectivity index (χ0v) is 17.8. The van der Waals surface area contributed by atoms with Crippen molar-refractivity contribution in [3.63, 3.8) is 0 Å². The van der Waals surface area contributed by atoms with E-state index < -0.39 is 5.97 Å². The van der Waals surface area contributed by atoms with Gasteiger partial charge >= 0.3 is 5.97 Å². The Labute approximate surface area is 186 Å². The molecule has 1 N–H and O–H groups in total. The number of hydrogen-bond acceptors (Lipinski definition) is 4. The molecule has 1 heterocycles. The quantitative estimate of drug-likeness (QED) is 0.428. The number of carbonyl (C=O) groups excluding carboxylic acids is 2. The summed E-state index contributed by atoms with van der Waals surface area (Å²) in [6, 6.07) is 25.1. The van der Waals surface area contributed by atoms with Crippen LogP contribution in [0.1, 0.15) is 21.5 Å². The fourth-order valence-electron chi connectivity index (χ4n) is 3.62. The third-order valence-electron chi connectivity index (χ3n) is 5.21. The molecule has 0 aliphatic rings. The van der Waals surface area contributed by atoms with Crippen LogP contribution in [0, 0.1) is 0 Å². The molecule has 0 aliphatic heterocycles. The largest absolute Gasteiger partial charge is 0.496 e. The van der Waals surface area contributed by atoms with Gasteiger partial charge in [0.15, 0.2) is 6.61 Å². The molecule has 162 valence electrons. The number of hydrogen-bond donors (Lipinski definition) is 1. The number of methoxy groups -OCH3 is 1. The number of ether oxygens (including phenoxy) is 2. The lowest BCUT2D eigenvalue weighted by atomic mass is 10.2. The number of aromatic nitrogens is 1. The number of esters is 1. The number of rotatable bonds is 8. The Bertz CT molecular complexity index is 1230. The van der Waals surface area contributed by atoms with Crippen LogP contribution in [-0.2, 0) is 22.6 Å².